The molecule has 0 fully saturated rings. The van der Waals surface area contributed by atoms with Gasteiger partial charge in [0.2, 0.25) is 5.28 Å². The average Bonchev–Trinajstić information content (AvgIpc) is 2.60. The summed E-state index contributed by atoms with van der Waals surface area (Å²) in [5.41, 5.74) is 4.42. The van der Waals surface area contributed by atoms with E-state index in [4.69, 9.17) is 11.6 Å². The summed E-state index contributed by atoms with van der Waals surface area (Å²) in [7, 11) is 0. The molecular weight excluding hydrogens is 308 g/mol. The Hall–Kier alpha value is -2.90. The molecule has 0 aliphatic carbocycles. The Morgan fingerprint density at radius 1 is 1.26 bits per heavy atom. The summed E-state index contributed by atoms with van der Waals surface area (Å²) in [6.45, 7) is 1.85. The maximum atomic E-state index is 9.60. The van der Waals surface area contributed by atoms with Crippen molar-refractivity contribution < 1.29 is 0 Å². The van der Waals surface area contributed by atoms with E-state index >= 15 is 0 Å². The Morgan fingerprint density at radius 3 is 2.78 bits per heavy atom. The number of rotatable bonds is 2. The van der Waals surface area contributed by atoms with E-state index in [9.17, 15) is 5.26 Å². The van der Waals surface area contributed by atoms with Gasteiger partial charge in [-0.25, -0.2) is 9.97 Å². The number of hydrogen-bond donors (Lipinski definition) is 1. The quantitative estimate of drug-likeness (QED) is 0.674. The smallest absolute Gasteiger partial charge is 0.222 e. The van der Waals surface area contributed by atoms with E-state index in [1.807, 2.05) is 55.5 Å². The van der Waals surface area contributed by atoms with Crippen LogP contribution in [0.4, 0.5) is 0 Å². The van der Waals surface area contributed by atoms with E-state index in [1.165, 1.54) is 0 Å². The summed E-state index contributed by atoms with van der Waals surface area (Å²) in [5.74, 6) is 0. The van der Waals surface area contributed by atoms with Crippen LogP contribution in [-0.4, -0.2) is 9.97 Å². The molecule has 1 aromatic heterocycles. The van der Waals surface area contributed by atoms with Gasteiger partial charge in [-0.1, -0.05) is 36.4 Å². The average molecular weight is 321 g/mol. The van der Waals surface area contributed by atoms with E-state index in [0.29, 0.717) is 17.0 Å². The van der Waals surface area contributed by atoms with Crippen molar-refractivity contribution in [2.45, 2.75) is 6.92 Å². The zero-order valence-corrected chi connectivity index (χ0v) is 13.2. The van der Waals surface area contributed by atoms with Crippen molar-refractivity contribution in [2.75, 3.05) is 0 Å². The van der Waals surface area contributed by atoms with E-state index in [2.05, 4.69) is 21.4 Å². The normalized spacial score (nSPS) is 15.4. The molecule has 0 unspecified atom stereocenters. The SMILES string of the molecule is Cc1cnc(Cl)nc1C(C#N)=C1C=CC=C(c2ccccc2)N1. The van der Waals surface area contributed by atoms with Gasteiger partial charge in [0.1, 0.15) is 11.6 Å². The number of benzene rings is 1. The lowest BCUT2D eigenvalue weighted by molar-refractivity contribution is 1.08. The van der Waals surface area contributed by atoms with Gasteiger partial charge in [-0.3, -0.25) is 0 Å². The van der Waals surface area contributed by atoms with Gasteiger partial charge in [0.25, 0.3) is 0 Å². The van der Waals surface area contributed by atoms with Crippen LogP contribution in [0.25, 0.3) is 11.3 Å². The van der Waals surface area contributed by atoms with Gasteiger partial charge in [-0.15, -0.1) is 0 Å². The summed E-state index contributed by atoms with van der Waals surface area (Å²) in [4.78, 5) is 8.13. The van der Waals surface area contributed by atoms with Gasteiger partial charge in [0.15, 0.2) is 0 Å². The maximum Gasteiger partial charge on any atom is 0.222 e. The first kappa shape index (κ1) is 15.0. The third kappa shape index (κ3) is 3.15. The second-order valence-corrected chi connectivity index (χ2v) is 5.34. The number of halogens is 1. The molecule has 0 bridgehead atoms. The zero-order chi connectivity index (χ0) is 16.2. The van der Waals surface area contributed by atoms with Crippen LogP contribution >= 0.6 is 11.6 Å². The first-order chi connectivity index (χ1) is 11.2. The molecule has 0 saturated heterocycles. The molecule has 2 aromatic rings. The molecule has 5 heteroatoms. The highest BCUT2D eigenvalue weighted by Gasteiger charge is 2.15. The molecule has 1 aliphatic rings. The monoisotopic (exact) mass is 320 g/mol. The fraction of sp³-hybridized carbons (Fsp3) is 0.0556. The fourth-order valence-electron chi connectivity index (χ4n) is 2.32. The van der Waals surface area contributed by atoms with Crippen LogP contribution < -0.4 is 5.32 Å². The van der Waals surface area contributed by atoms with Crippen LogP contribution in [0.2, 0.25) is 5.28 Å². The first-order valence-electron chi connectivity index (χ1n) is 7.03. The number of allylic oxidation sites excluding steroid dienone is 4. The Bertz CT molecular complexity index is 874. The molecule has 0 amide bonds. The molecule has 4 nitrogen and oxygen atoms in total. The molecular formula is C18H13ClN4. The number of aryl methyl sites for hydroxylation is 1. The lowest BCUT2D eigenvalue weighted by Crippen LogP contribution is -2.15. The third-order valence-electron chi connectivity index (χ3n) is 3.44. The standard InChI is InChI=1S/C18H13ClN4/c1-12-11-21-18(19)23-17(12)14(10-20)16-9-5-8-15(22-16)13-6-3-2-4-7-13/h2-9,11,22H,1H3. The van der Waals surface area contributed by atoms with E-state index in [1.54, 1.807) is 6.20 Å². The van der Waals surface area contributed by atoms with Crippen LogP contribution in [0.1, 0.15) is 16.8 Å². The van der Waals surface area contributed by atoms with Gasteiger partial charge in [0.05, 0.1) is 11.4 Å². The summed E-state index contributed by atoms with van der Waals surface area (Å²) in [6, 6.07) is 12.1. The van der Waals surface area contributed by atoms with Gasteiger partial charge >= 0.3 is 0 Å². The largest absolute Gasteiger partial charge is 0.354 e. The van der Waals surface area contributed by atoms with E-state index < -0.39 is 0 Å². The van der Waals surface area contributed by atoms with Gasteiger partial charge in [-0.2, -0.15) is 5.26 Å². The molecule has 23 heavy (non-hydrogen) atoms. The number of hydrogen-bond acceptors (Lipinski definition) is 4. The summed E-state index contributed by atoms with van der Waals surface area (Å²) in [5, 5.41) is 13.0. The Labute approximate surface area is 139 Å². The van der Waals surface area contributed by atoms with Crippen molar-refractivity contribution in [2.24, 2.45) is 0 Å². The first-order valence-corrected chi connectivity index (χ1v) is 7.41. The predicted octanol–water partition coefficient (Wildman–Crippen LogP) is 3.87. The number of dihydropyridines is 1. The van der Waals surface area contributed by atoms with Crippen molar-refractivity contribution in [3.05, 3.63) is 82.6 Å². The predicted molar refractivity (Wildman–Crippen MR) is 91.0 cm³/mol. The minimum Gasteiger partial charge on any atom is -0.354 e. The zero-order valence-electron chi connectivity index (χ0n) is 12.4. The second kappa shape index (κ2) is 6.47. The summed E-state index contributed by atoms with van der Waals surface area (Å²) >= 11 is 5.88. The molecule has 0 atom stereocenters. The summed E-state index contributed by atoms with van der Waals surface area (Å²) in [6.07, 6.45) is 7.33. The van der Waals surface area contributed by atoms with Crippen LogP contribution in [0.3, 0.4) is 0 Å². The second-order valence-electron chi connectivity index (χ2n) is 5.00. The summed E-state index contributed by atoms with van der Waals surface area (Å²) < 4.78 is 0. The van der Waals surface area contributed by atoms with Crippen LogP contribution in [-0.2, 0) is 0 Å². The Balaban J connectivity index is 2.04. The highest BCUT2D eigenvalue weighted by atomic mass is 35.5. The van der Waals surface area contributed by atoms with E-state index in [-0.39, 0.29) is 5.28 Å². The molecule has 0 saturated carbocycles. The lowest BCUT2D eigenvalue weighted by atomic mass is 10.0. The minimum absolute atomic E-state index is 0.123. The highest BCUT2D eigenvalue weighted by Crippen LogP contribution is 2.24. The molecule has 3 rings (SSSR count). The number of nitriles is 1. The molecule has 1 aliphatic heterocycles. The lowest BCUT2D eigenvalue weighted by Gasteiger charge is -2.17. The topological polar surface area (TPSA) is 61.6 Å². The maximum absolute atomic E-state index is 9.60. The molecule has 1 aromatic carbocycles. The van der Waals surface area contributed by atoms with Crippen molar-refractivity contribution in [1.82, 2.24) is 15.3 Å². The van der Waals surface area contributed by atoms with Crippen LogP contribution in [0, 0.1) is 18.3 Å². The Kier molecular flexibility index (Phi) is 4.22. The van der Waals surface area contributed by atoms with Crippen molar-refractivity contribution >= 4 is 22.9 Å². The fourth-order valence-corrected chi connectivity index (χ4v) is 2.45. The van der Waals surface area contributed by atoms with Crippen molar-refractivity contribution in [1.29, 1.82) is 5.26 Å². The van der Waals surface area contributed by atoms with Gasteiger partial charge in [-0.05, 0) is 41.8 Å². The van der Waals surface area contributed by atoms with E-state index in [0.717, 1.165) is 16.8 Å². The minimum atomic E-state index is 0.123. The molecule has 0 spiro atoms. The highest BCUT2D eigenvalue weighted by molar-refractivity contribution is 6.28. The van der Waals surface area contributed by atoms with Crippen molar-refractivity contribution in [3.63, 3.8) is 0 Å². The van der Waals surface area contributed by atoms with Crippen LogP contribution in [0.5, 0.6) is 0 Å². The Morgan fingerprint density at radius 2 is 2.04 bits per heavy atom. The van der Waals surface area contributed by atoms with Crippen molar-refractivity contribution in [3.8, 4) is 6.07 Å². The number of aromatic nitrogens is 2. The molecule has 112 valence electrons. The van der Waals surface area contributed by atoms with Crippen LogP contribution in [0.15, 0.2) is 60.5 Å². The number of nitrogens with zero attached hydrogens (tertiary/aromatic N) is 3. The molecule has 2 heterocycles. The van der Waals surface area contributed by atoms with Gasteiger partial charge < -0.3 is 5.32 Å². The molecule has 1 N–H and O–H groups in total. The third-order valence-corrected chi connectivity index (χ3v) is 3.62. The van der Waals surface area contributed by atoms with Gasteiger partial charge in [0, 0.05) is 11.9 Å². The number of nitrogens with one attached hydrogen (secondary N) is 1. The molecule has 0 radical (unpaired) electrons.